The highest BCUT2D eigenvalue weighted by atomic mass is 79.9. The van der Waals surface area contributed by atoms with E-state index >= 15 is 0 Å². The van der Waals surface area contributed by atoms with Crippen molar-refractivity contribution in [3.63, 3.8) is 0 Å². The molecule has 0 aliphatic carbocycles. The van der Waals surface area contributed by atoms with Crippen molar-refractivity contribution in [2.75, 3.05) is 0 Å². The van der Waals surface area contributed by atoms with E-state index in [-0.39, 0.29) is 5.91 Å². The van der Waals surface area contributed by atoms with Crippen molar-refractivity contribution in [2.24, 2.45) is 0 Å². The number of hydrogen-bond donors (Lipinski definition) is 1. The van der Waals surface area contributed by atoms with Crippen LogP contribution in [0.25, 0.3) is 0 Å². The van der Waals surface area contributed by atoms with Gasteiger partial charge in [-0.2, -0.15) is 0 Å². The van der Waals surface area contributed by atoms with Gasteiger partial charge < -0.3 is 5.32 Å². The molecule has 0 aliphatic rings. The van der Waals surface area contributed by atoms with Gasteiger partial charge in [-0.15, -0.1) is 11.3 Å². The number of carbonyl (C=O) groups is 1. The summed E-state index contributed by atoms with van der Waals surface area (Å²) in [7, 11) is 0. The molecule has 1 N–H and O–H groups in total. The number of carbonyl (C=O) groups excluding carboxylic acids is 1. The molecule has 0 radical (unpaired) electrons. The van der Waals surface area contributed by atoms with Crippen LogP contribution in [0.2, 0.25) is 0 Å². The summed E-state index contributed by atoms with van der Waals surface area (Å²) >= 11 is 5.17. The van der Waals surface area contributed by atoms with Crippen LogP contribution in [0.1, 0.15) is 32.6 Å². The highest BCUT2D eigenvalue weighted by Gasteiger charge is 2.10. The van der Waals surface area contributed by atoms with E-state index in [0.717, 1.165) is 16.5 Å². The Morgan fingerprint density at radius 3 is 2.68 bits per heavy atom. The van der Waals surface area contributed by atoms with E-state index in [4.69, 9.17) is 0 Å². The van der Waals surface area contributed by atoms with Crippen LogP contribution in [0.15, 0.2) is 34.8 Å². The Kier molecular flexibility index (Phi) is 4.77. The molecule has 1 heterocycles. The van der Waals surface area contributed by atoms with Crippen LogP contribution in [-0.2, 0) is 13.0 Å². The number of amides is 1. The fourth-order valence-electron chi connectivity index (χ4n) is 1.78. The third-order valence-corrected chi connectivity index (χ3v) is 4.78. The van der Waals surface area contributed by atoms with Crippen molar-refractivity contribution < 1.29 is 4.79 Å². The Bertz CT molecular complexity index is 592. The molecule has 1 aromatic carbocycles. The zero-order valence-corrected chi connectivity index (χ0v) is 13.4. The summed E-state index contributed by atoms with van der Waals surface area (Å²) in [6, 6.07) is 9.98. The number of benzene rings is 1. The maximum atomic E-state index is 12.1. The van der Waals surface area contributed by atoms with Gasteiger partial charge in [-0.05, 0) is 53.5 Å². The smallest absolute Gasteiger partial charge is 0.252 e. The molecule has 2 rings (SSSR count). The second-order valence-corrected chi connectivity index (χ2v) is 6.49. The summed E-state index contributed by atoms with van der Waals surface area (Å²) in [6.07, 6.45) is 1.04. The van der Waals surface area contributed by atoms with E-state index < -0.39 is 0 Å². The van der Waals surface area contributed by atoms with Gasteiger partial charge in [-0.3, -0.25) is 4.79 Å². The molecule has 4 heteroatoms. The van der Waals surface area contributed by atoms with E-state index in [1.165, 1.54) is 9.75 Å². The minimum atomic E-state index is -0.0398. The Hall–Kier alpha value is -1.13. The first kappa shape index (κ1) is 14.3. The SMILES string of the molecule is CCc1ccc(CNC(=O)c2cc(C)ccc2Br)s1. The third-order valence-electron chi connectivity index (χ3n) is 2.86. The topological polar surface area (TPSA) is 29.1 Å². The van der Waals surface area contributed by atoms with Gasteiger partial charge in [0, 0.05) is 14.2 Å². The van der Waals surface area contributed by atoms with Crippen LogP contribution in [0, 0.1) is 6.92 Å². The number of hydrogen-bond acceptors (Lipinski definition) is 2. The first-order valence-corrected chi connectivity index (χ1v) is 7.83. The number of nitrogens with one attached hydrogen (secondary N) is 1. The summed E-state index contributed by atoms with van der Waals surface area (Å²) < 4.78 is 0.830. The van der Waals surface area contributed by atoms with Crippen molar-refractivity contribution in [3.8, 4) is 0 Å². The van der Waals surface area contributed by atoms with E-state index in [2.05, 4.69) is 40.3 Å². The lowest BCUT2D eigenvalue weighted by atomic mass is 10.1. The second-order valence-electron chi connectivity index (χ2n) is 4.39. The summed E-state index contributed by atoms with van der Waals surface area (Å²) in [5.74, 6) is -0.0398. The minimum Gasteiger partial charge on any atom is -0.347 e. The lowest BCUT2D eigenvalue weighted by Gasteiger charge is -2.06. The van der Waals surface area contributed by atoms with Crippen LogP contribution in [-0.4, -0.2) is 5.91 Å². The van der Waals surface area contributed by atoms with E-state index in [1.807, 2.05) is 25.1 Å². The van der Waals surface area contributed by atoms with Crippen molar-refractivity contribution in [2.45, 2.75) is 26.8 Å². The monoisotopic (exact) mass is 337 g/mol. The molecule has 0 spiro atoms. The predicted octanol–water partition coefficient (Wildman–Crippen LogP) is 4.31. The van der Waals surface area contributed by atoms with Crippen LogP contribution in [0.5, 0.6) is 0 Å². The molecule has 0 bridgehead atoms. The molecule has 2 aromatic rings. The van der Waals surface area contributed by atoms with Crippen LogP contribution in [0.4, 0.5) is 0 Å². The highest BCUT2D eigenvalue weighted by molar-refractivity contribution is 9.10. The molecule has 19 heavy (non-hydrogen) atoms. The molecule has 0 fully saturated rings. The lowest BCUT2D eigenvalue weighted by Crippen LogP contribution is -2.22. The molecule has 0 aliphatic heterocycles. The number of halogens is 1. The van der Waals surface area contributed by atoms with Crippen LogP contribution < -0.4 is 5.32 Å². The lowest BCUT2D eigenvalue weighted by molar-refractivity contribution is 0.0950. The van der Waals surface area contributed by atoms with Crippen molar-refractivity contribution in [3.05, 3.63) is 55.7 Å². The summed E-state index contributed by atoms with van der Waals surface area (Å²) in [5.41, 5.74) is 1.77. The average molecular weight is 338 g/mol. The molecular formula is C15H16BrNOS. The second kappa shape index (κ2) is 6.35. The van der Waals surface area contributed by atoms with Crippen molar-refractivity contribution >= 4 is 33.2 Å². The van der Waals surface area contributed by atoms with E-state index in [9.17, 15) is 4.79 Å². The molecule has 2 nitrogen and oxygen atoms in total. The normalized spacial score (nSPS) is 10.5. The van der Waals surface area contributed by atoms with Gasteiger partial charge in [-0.25, -0.2) is 0 Å². The average Bonchev–Trinajstić information content (AvgIpc) is 2.87. The number of thiophene rings is 1. The largest absolute Gasteiger partial charge is 0.347 e. The standard InChI is InChI=1S/C15H16BrNOS/c1-3-11-5-6-12(19-11)9-17-15(18)13-8-10(2)4-7-14(13)16/h4-8H,3,9H2,1-2H3,(H,17,18). The van der Waals surface area contributed by atoms with Gasteiger partial charge in [0.15, 0.2) is 0 Å². The summed E-state index contributed by atoms with van der Waals surface area (Å²) in [5, 5.41) is 2.96. The van der Waals surface area contributed by atoms with Gasteiger partial charge in [0.25, 0.3) is 5.91 Å². The number of rotatable bonds is 4. The number of aryl methyl sites for hydroxylation is 2. The first-order chi connectivity index (χ1) is 9.10. The van der Waals surface area contributed by atoms with Crippen LogP contribution in [0.3, 0.4) is 0 Å². The summed E-state index contributed by atoms with van der Waals surface area (Å²) in [6.45, 7) is 4.71. The van der Waals surface area contributed by atoms with Gasteiger partial charge in [0.1, 0.15) is 0 Å². The maximum absolute atomic E-state index is 12.1. The quantitative estimate of drug-likeness (QED) is 0.884. The zero-order chi connectivity index (χ0) is 13.8. The highest BCUT2D eigenvalue weighted by Crippen LogP contribution is 2.19. The molecule has 100 valence electrons. The molecule has 1 amide bonds. The maximum Gasteiger partial charge on any atom is 0.252 e. The molecule has 0 saturated carbocycles. The van der Waals surface area contributed by atoms with E-state index in [1.54, 1.807) is 11.3 Å². The zero-order valence-electron chi connectivity index (χ0n) is 11.0. The fraction of sp³-hybridized carbons (Fsp3) is 0.267. The molecule has 1 aromatic heterocycles. The fourth-order valence-corrected chi connectivity index (χ4v) is 3.11. The molecule has 0 unspecified atom stereocenters. The molecule has 0 saturated heterocycles. The van der Waals surface area contributed by atoms with Gasteiger partial charge in [0.05, 0.1) is 12.1 Å². The Labute approximate surface area is 126 Å². The Morgan fingerprint density at radius 2 is 2.00 bits per heavy atom. The van der Waals surface area contributed by atoms with Crippen LogP contribution >= 0.6 is 27.3 Å². The third kappa shape index (κ3) is 3.67. The summed E-state index contributed by atoms with van der Waals surface area (Å²) in [4.78, 5) is 14.7. The van der Waals surface area contributed by atoms with Crippen molar-refractivity contribution in [1.29, 1.82) is 0 Å². The van der Waals surface area contributed by atoms with Gasteiger partial charge in [-0.1, -0.05) is 18.6 Å². The minimum absolute atomic E-state index is 0.0398. The van der Waals surface area contributed by atoms with E-state index in [0.29, 0.717) is 12.1 Å². The van der Waals surface area contributed by atoms with Crippen molar-refractivity contribution in [1.82, 2.24) is 5.32 Å². The predicted molar refractivity (Wildman–Crippen MR) is 83.7 cm³/mol. The first-order valence-electron chi connectivity index (χ1n) is 6.22. The van der Waals surface area contributed by atoms with Gasteiger partial charge in [0.2, 0.25) is 0 Å². The van der Waals surface area contributed by atoms with Gasteiger partial charge >= 0.3 is 0 Å². The Balaban J connectivity index is 2.03. The Morgan fingerprint density at radius 1 is 1.26 bits per heavy atom. The molecular weight excluding hydrogens is 322 g/mol. The molecule has 0 atom stereocenters.